The molecule has 102 valence electrons. The number of rotatable bonds is 3. The third-order valence-corrected chi connectivity index (χ3v) is 4.67. The summed E-state index contributed by atoms with van der Waals surface area (Å²) in [5.74, 6) is 0.752. The molecule has 1 fully saturated rings. The van der Waals surface area contributed by atoms with Gasteiger partial charge in [-0.25, -0.2) is 0 Å². The van der Waals surface area contributed by atoms with Crippen LogP contribution in [0.25, 0.3) is 0 Å². The van der Waals surface area contributed by atoms with Crippen LogP contribution >= 0.6 is 11.8 Å². The molecule has 1 N–H and O–H groups in total. The van der Waals surface area contributed by atoms with E-state index in [1.807, 2.05) is 4.90 Å². The average molecular weight is 271 g/mol. The molecule has 2 rings (SSSR count). The Kier molecular flexibility index (Phi) is 4.88. The van der Waals surface area contributed by atoms with Crippen LogP contribution in [0.4, 0.5) is 0 Å². The third-order valence-electron chi connectivity index (χ3n) is 3.18. The fourth-order valence-electron chi connectivity index (χ4n) is 1.91. The van der Waals surface area contributed by atoms with Crippen molar-refractivity contribution in [3.05, 3.63) is 0 Å². The van der Waals surface area contributed by atoms with Gasteiger partial charge in [-0.2, -0.15) is 0 Å². The molecule has 0 radical (unpaired) electrons. The zero-order valence-corrected chi connectivity index (χ0v) is 11.8. The van der Waals surface area contributed by atoms with Crippen molar-refractivity contribution >= 4 is 22.8 Å². The zero-order valence-electron chi connectivity index (χ0n) is 11.0. The molecule has 0 saturated carbocycles. The van der Waals surface area contributed by atoms with Crippen molar-refractivity contribution < 1.29 is 9.53 Å². The van der Waals surface area contributed by atoms with Crippen LogP contribution in [-0.2, 0) is 9.53 Å². The van der Waals surface area contributed by atoms with Crippen molar-refractivity contribution in [1.82, 2.24) is 10.2 Å². The maximum Gasteiger partial charge on any atom is 0.242 e. The van der Waals surface area contributed by atoms with Crippen LogP contribution in [0.1, 0.15) is 13.8 Å². The Hall–Kier alpha value is -0.750. The molecule has 0 aliphatic carbocycles. The summed E-state index contributed by atoms with van der Waals surface area (Å²) in [5.41, 5.74) is 0. The summed E-state index contributed by atoms with van der Waals surface area (Å²) in [7, 11) is 0. The first-order valence-electron chi connectivity index (χ1n) is 6.47. The summed E-state index contributed by atoms with van der Waals surface area (Å²) in [6, 6.07) is 0. The molecular formula is C12H21N3O2S. The Bertz CT molecular complexity index is 327. The van der Waals surface area contributed by atoms with Gasteiger partial charge in [0.2, 0.25) is 5.91 Å². The van der Waals surface area contributed by atoms with E-state index in [4.69, 9.17) is 4.74 Å². The summed E-state index contributed by atoms with van der Waals surface area (Å²) < 4.78 is 5.23. The first-order valence-corrected chi connectivity index (χ1v) is 7.35. The summed E-state index contributed by atoms with van der Waals surface area (Å²) in [4.78, 5) is 18.2. The summed E-state index contributed by atoms with van der Waals surface area (Å²) in [6.45, 7) is 8.31. The second-order valence-corrected chi connectivity index (χ2v) is 6.12. The summed E-state index contributed by atoms with van der Waals surface area (Å²) >= 11 is 1.75. The Labute approximate surface area is 112 Å². The van der Waals surface area contributed by atoms with Crippen molar-refractivity contribution in [3.8, 4) is 0 Å². The number of hydrogen-bond acceptors (Lipinski definition) is 5. The maximum atomic E-state index is 11.9. The van der Waals surface area contributed by atoms with Gasteiger partial charge in [0.1, 0.15) is 0 Å². The predicted molar refractivity (Wildman–Crippen MR) is 73.9 cm³/mol. The van der Waals surface area contributed by atoms with Crippen LogP contribution in [0.15, 0.2) is 4.99 Å². The number of aliphatic imine (C=N–C) groups is 1. The molecule has 1 atom stereocenters. The van der Waals surface area contributed by atoms with E-state index >= 15 is 0 Å². The third kappa shape index (κ3) is 3.62. The smallest absolute Gasteiger partial charge is 0.242 e. The number of amides is 1. The van der Waals surface area contributed by atoms with Gasteiger partial charge in [-0.1, -0.05) is 25.6 Å². The van der Waals surface area contributed by atoms with Crippen molar-refractivity contribution in [2.75, 3.05) is 39.4 Å². The normalized spacial score (nSPS) is 24.3. The van der Waals surface area contributed by atoms with E-state index < -0.39 is 0 Å². The highest BCUT2D eigenvalue weighted by Gasteiger charge is 2.23. The topological polar surface area (TPSA) is 53.9 Å². The van der Waals surface area contributed by atoms with Gasteiger partial charge in [-0.3, -0.25) is 9.79 Å². The fourth-order valence-corrected chi connectivity index (χ4v) is 2.92. The van der Waals surface area contributed by atoms with Crippen molar-refractivity contribution in [2.45, 2.75) is 19.1 Å². The molecule has 1 amide bonds. The van der Waals surface area contributed by atoms with Gasteiger partial charge < -0.3 is 15.0 Å². The standard InChI is InChI=1S/C12H21N3O2S/c1-9(2)10-7-13-12(18-10)14-8-11(16)15-3-5-17-6-4-15/h9-10H,3-8H2,1-2H3,(H,13,14). The minimum absolute atomic E-state index is 0.134. The SMILES string of the molecule is CC(C)C1CN=C(NCC(=O)N2CCOCC2)S1. The van der Waals surface area contributed by atoms with E-state index in [2.05, 4.69) is 24.2 Å². The lowest BCUT2D eigenvalue weighted by atomic mass is 10.1. The average Bonchev–Trinajstić information content (AvgIpc) is 2.86. The van der Waals surface area contributed by atoms with Crippen molar-refractivity contribution in [3.63, 3.8) is 0 Å². The van der Waals surface area contributed by atoms with Crippen LogP contribution in [-0.4, -0.2) is 60.6 Å². The summed E-state index contributed by atoms with van der Waals surface area (Å²) in [5, 5.41) is 4.60. The Morgan fingerprint density at radius 1 is 1.56 bits per heavy atom. The number of hydrogen-bond donors (Lipinski definition) is 1. The van der Waals surface area contributed by atoms with E-state index in [-0.39, 0.29) is 5.91 Å². The van der Waals surface area contributed by atoms with Crippen LogP contribution in [0.3, 0.4) is 0 Å². The van der Waals surface area contributed by atoms with Crippen molar-refractivity contribution in [2.24, 2.45) is 10.9 Å². The monoisotopic (exact) mass is 271 g/mol. The van der Waals surface area contributed by atoms with Gasteiger partial charge in [0.25, 0.3) is 0 Å². The van der Waals surface area contributed by atoms with E-state index in [1.165, 1.54) is 0 Å². The predicted octanol–water partition coefficient (Wildman–Crippen LogP) is 0.562. The number of carbonyl (C=O) groups excluding carboxylic acids is 1. The van der Waals surface area contributed by atoms with E-state index in [1.54, 1.807) is 11.8 Å². The van der Waals surface area contributed by atoms with E-state index in [0.29, 0.717) is 44.0 Å². The van der Waals surface area contributed by atoms with Crippen molar-refractivity contribution in [1.29, 1.82) is 0 Å². The Morgan fingerprint density at radius 2 is 2.28 bits per heavy atom. The molecule has 0 aromatic heterocycles. The number of morpholine rings is 1. The molecule has 2 aliphatic rings. The molecular weight excluding hydrogens is 250 g/mol. The van der Waals surface area contributed by atoms with E-state index in [9.17, 15) is 4.79 Å². The van der Waals surface area contributed by atoms with Gasteiger partial charge in [-0.15, -0.1) is 0 Å². The number of amidine groups is 1. The number of thioether (sulfide) groups is 1. The lowest BCUT2D eigenvalue weighted by Crippen LogP contribution is -2.45. The molecule has 1 saturated heterocycles. The number of carbonyl (C=O) groups is 1. The number of nitrogens with zero attached hydrogens (tertiary/aromatic N) is 2. The highest BCUT2D eigenvalue weighted by atomic mass is 32.2. The van der Waals surface area contributed by atoms with E-state index in [0.717, 1.165) is 11.7 Å². The molecule has 0 aromatic rings. The first-order chi connectivity index (χ1) is 8.66. The minimum atomic E-state index is 0.134. The van der Waals surface area contributed by atoms with Gasteiger partial charge in [0, 0.05) is 18.3 Å². The van der Waals surface area contributed by atoms with Gasteiger partial charge in [0.05, 0.1) is 26.3 Å². The van der Waals surface area contributed by atoms with Crippen LogP contribution in [0.2, 0.25) is 0 Å². The fraction of sp³-hybridized carbons (Fsp3) is 0.833. The molecule has 0 aromatic carbocycles. The lowest BCUT2D eigenvalue weighted by Gasteiger charge is -2.27. The highest BCUT2D eigenvalue weighted by molar-refractivity contribution is 8.14. The second kappa shape index (κ2) is 6.43. The van der Waals surface area contributed by atoms with Crippen LogP contribution in [0.5, 0.6) is 0 Å². The zero-order chi connectivity index (χ0) is 13.0. The largest absolute Gasteiger partial charge is 0.378 e. The maximum absolute atomic E-state index is 11.9. The van der Waals surface area contributed by atoms with Gasteiger partial charge in [0.15, 0.2) is 5.17 Å². The Morgan fingerprint density at radius 3 is 2.89 bits per heavy atom. The minimum Gasteiger partial charge on any atom is -0.378 e. The second-order valence-electron chi connectivity index (χ2n) is 4.89. The molecule has 5 nitrogen and oxygen atoms in total. The summed E-state index contributed by atoms with van der Waals surface area (Å²) in [6.07, 6.45) is 0. The van der Waals surface area contributed by atoms with Gasteiger partial charge in [-0.05, 0) is 5.92 Å². The number of nitrogens with one attached hydrogen (secondary N) is 1. The molecule has 0 spiro atoms. The highest BCUT2D eigenvalue weighted by Crippen LogP contribution is 2.25. The van der Waals surface area contributed by atoms with Crippen LogP contribution in [0, 0.1) is 5.92 Å². The number of ether oxygens (including phenoxy) is 1. The molecule has 2 heterocycles. The molecule has 18 heavy (non-hydrogen) atoms. The van der Waals surface area contributed by atoms with Crippen LogP contribution < -0.4 is 5.32 Å². The quantitative estimate of drug-likeness (QED) is 0.815. The van der Waals surface area contributed by atoms with Gasteiger partial charge >= 0.3 is 0 Å². The molecule has 2 aliphatic heterocycles. The molecule has 1 unspecified atom stereocenters. The molecule has 0 bridgehead atoms. The first kappa shape index (κ1) is 13.7. The molecule has 6 heteroatoms. The Balaban J connectivity index is 1.70. The lowest BCUT2D eigenvalue weighted by molar-refractivity contribution is -0.133.